The third-order valence-electron chi connectivity index (χ3n) is 5.47. The van der Waals surface area contributed by atoms with Gasteiger partial charge in [0.25, 0.3) is 5.91 Å². The third kappa shape index (κ3) is 7.17. The smallest absolute Gasteiger partial charge is 0.280 e. The summed E-state index contributed by atoms with van der Waals surface area (Å²) in [5.74, 6) is -0.475. The van der Waals surface area contributed by atoms with Crippen LogP contribution < -0.4 is 10.6 Å². The van der Waals surface area contributed by atoms with Gasteiger partial charge in [0.15, 0.2) is 20.7 Å². The molecule has 4 rings (SSSR count). The maximum atomic E-state index is 13.1. The predicted molar refractivity (Wildman–Crippen MR) is 135 cm³/mol. The molecule has 11 heteroatoms. The summed E-state index contributed by atoms with van der Waals surface area (Å²) in [4.78, 5) is 28.5. The summed E-state index contributed by atoms with van der Waals surface area (Å²) in [5.41, 5.74) is 1.47. The van der Waals surface area contributed by atoms with E-state index >= 15 is 0 Å². The van der Waals surface area contributed by atoms with Gasteiger partial charge in [-0.25, -0.2) is 13.4 Å². The number of pyridine rings is 1. The fourth-order valence-electron chi connectivity index (χ4n) is 3.63. The summed E-state index contributed by atoms with van der Waals surface area (Å²) in [5, 5.41) is 10.7. The van der Waals surface area contributed by atoms with Gasteiger partial charge in [-0.05, 0) is 49.9 Å². The van der Waals surface area contributed by atoms with Crippen LogP contribution in [0.25, 0.3) is 0 Å². The molecular weight excluding hydrogens is 486 g/mol. The van der Waals surface area contributed by atoms with E-state index in [4.69, 9.17) is 4.84 Å². The van der Waals surface area contributed by atoms with Gasteiger partial charge < -0.3 is 10.2 Å². The van der Waals surface area contributed by atoms with Crippen LogP contribution in [0, 0.1) is 0 Å². The molecule has 0 saturated heterocycles. The Kier molecular flexibility index (Phi) is 8.21. The lowest BCUT2D eigenvalue weighted by Crippen LogP contribution is -2.25. The number of amides is 1. The molecule has 1 aromatic carbocycles. The van der Waals surface area contributed by atoms with Gasteiger partial charge in [-0.15, -0.1) is 11.3 Å². The van der Waals surface area contributed by atoms with Crippen molar-refractivity contribution in [3.63, 3.8) is 0 Å². The first-order valence-corrected chi connectivity index (χ1v) is 14.0. The Hall–Kier alpha value is -3.15. The standard InChI is InChI=1S/C24H27N5O4S2/c1-35(31,32)21-11-9-17(10-12-21)22(29-33-19-7-2-3-8-19)23(30)28-24-27-16-20(34-24)15-25-14-18-6-4-5-13-26-18/h4-6,9-13,16,19,25H,2-3,7-8,14-15H2,1H3,(H,27,28,30)/b29-22+. The van der Waals surface area contributed by atoms with Gasteiger partial charge in [0.1, 0.15) is 6.10 Å². The van der Waals surface area contributed by atoms with E-state index in [2.05, 4.69) is 25.8 Å². The molecule has 2 N–H and O–H groups in total. The second kappa shape index (κ2) is 11.5. The van der Waals surface area contributed by atoms with Crippen LogP contribution in [-0.2, 0) is 32.6 Å². The molecule has 3 aromatic rings. The first kappa shape index (κ1) is 25.0. The van der Waals surface area contributed by atoms with Crippen molar-refractivity contribution in [1.29, 1.82) is 0 Å². The van der Waals surface area contributed by atoms with E-state index in [0.717, 1.165) is 42.5 Å². The lowest BCUT2D eigenvalue weighted by Gasteiger charge is -2.10. The molecule has 2 heterocycles. The number of oxime groups is 1. The first-order valence-electron chi connectivity index (χ1n) is 11.3. The zero-order valence-corrected chi connectivity index (χ0v) is 20.9. The number of hydrogen-bond donors (Lipinski definition) is 2. The average Bonchev–Trinajstić information content (AvgIpc) is 3.52. The highest BCUT2D eigenvalue weighted by Gasteiger charge is 2.21. The summed E-state index contributed by atoms with van der Waals surface area (Å²) in [7, 11) is -3.35. The Morgan fingerprint density at radius 3 is 2.57 bits per heavy atom. The van der Waals surface area contributed by atoms with Gasteiger partial charge in [-0.2, -0.15) is 0 Å². The van der Waals surface area contributed by atoms with Crippen LogP contribution in [0.1, 0.15) is 41.8 Å². The molecule has 0 atom stereocenters. The highest BCUT2D eigenvalue weighted by Crippen LogP contribution is 2.22. The Bertz CT molecular complexity index is 1270. The highest BCUT2D eigenvalue weighted by atomic mass is 32.2. The van der Waals surface area contributed by atoms with Crippen LogP contribution in [0.5, 0.6) is 0 Å². The number of benzene rings is 1. The van der Waals surface area contributed by atoms with Gasteiger partial charge >= 0.3 is 0 Å². The number of anilines is 1. The van der Waals surface area contributed by atoms with Gasteiger partial charge in [0, 0.05) is 42.2 Å². The van der Waals surface area contributed by atoms with Crippen molar-refractivity contribution in [3.8, 4) is 0 Å². The van der Waals surface area contributed by atoms with E-state index in [0.29, 0.717) is 23.8 Å². The zero-order valence-electron chi connectivity index (χ0n) is 19.3. The molecule has 184 valence electrons. The van der Waals surface area contributed by atoms with E-state index < -0.39 is 15.7 Å². The summed E-state index contributed by atoms with van der Waals surface area (Å²) in [6.07, 6.45) is 8.50. The minimum absolute atomic E-state index is 0.0234. The number of hydrogen-bond acceptors (Lipinski definition) is 9. The minimum Gasteiger partial charge on any atom is -0.392 e. The van der Waals surface area contributed by atoms with Crippen LogP contribution in [-0.4, -0.2) is 42.4 Å². The number of rotatable bonds is 10. The molecule has 1 aliphatic rings. The van der Waals surface area contributed by atoms with Crippen LogP contribution in [0.4, 0.5) is 5.13 Å². The Balaban J connectivity index is 1.43. The van der Waals surface area contributed by atoms with Gasteiger partial charge in [-0.3, -0.25) is 15.1 Å². The topological polar surface area (TPSA) is 123 Å². The van der Waals surface area contributed by atoms with Crippen molar-refractivity contribution in [2.45, 2.75) is 49.8 Å². The average molecular weight is 514 g/mol. The van der Waals surface area contributed by atoms with Crippen molar-refractivity contribution in [3.05, 3.63) is 71.0 Å². The van der Waals surface area contributed by atoms with Crippen LogP contribution in [0.15, 0.2) is 64.9 Å². The molecule has 0 spiro atoms. The summed E-state index contributed by atoms with van der Waals surface area (Å²) in [6, 6.07) is 11.8. The second-order valence-electron chi connectivity index (χ2n) is 8.26. The molecular formula is C24H27N5O4S2. The maximum Gasteiger partial charge on any atom is 0.280 e. The van der Waals surface area contributed by atoms with Crippen molar-refractivity contribution >= 4 is 37.9 Å². The van der Waals surface area contributed by atoms with Crippen molar-refractivity contribution in [1.82, 2.24) is 15.3 Å². The Morgan fingerprint density at radius 1 is 1.11 bits per heavy atom. The second-order valence-corrected chi connectivity index (χ2v) is 11.4. The van der Waals surface area contributed by atoms with Crippen molar-refractivity contribution in [2.24, 2.45) is 5.16 Å². The predicted octanol–water partition coefficient (Wildman–Crippen LogP) is 3.53. The van der Waals surface area contributed by atoms with E-state index in [1.165, 1.54) is 23.5 Å². The molecule has 0 unspecified atom stereocenters. The number of nitrogens with zero attached hydrogens (tertiary/aromatic N) is 3. The number of aromatic nitrogens is 2. The molecule has 35 heavy (non-hydrogen) atoms. The zero-order chi connectivity index (χ0) is 24.7. The molecule has 0 aliphatic heterocycles. The summed E-state index contributed by atoms with van der Waals surface area (Å²) < 4.78 is 23.6. The van der Waals surface area contributed by atoms with E-state index in [9.17, 15) is 13.2 Å². The summed E-state index contributed by atoms with van der Waals surface area (Å²) >= 11 is 1.36. The normalized spacial score (nSPS) is 14.7. The van der Waals surface area contributed by atoms with Crippen molar-refractivity contribution < 1.29 is 18.0 Å². The molecule has 2 aromatic heterocycles. The molecule has 1 amide bonds. The van der Waals surface area contributed by atoms with Crippen LogP contribution in [0.3, 0.4) is 0 Å². The molecule has 0 bridgehead atoms. The highest BCUT2D eigenvalue weighted by molar-refractivity contribution is 7.90. The van der Waals surface area contributed by atoms with E-state index in [-0.39, 0.29) is 16.7 Å². The molecule has 1 aliphatic carbocycles. The number of sulfone groups is 1. The SMILES string of the molecule is CS(=O)(=O)c1ccc(/C(=N\OC2CCCC2)C(=O)Nc2ncc(CNCc3ccccn3)s2)cc1. The Labute approximate surface area is 208 Å². The lowest BCUT2D eigenvalue weighted by atomic mass is 10.1. The van der Waals surface area contributed by atoms with Crippen LogP contribution in [0.2, 0.25) is 0 Å². The van der Waals surface area contributed by atoms with Crippen LogP contribution >= 0.6 is 11.3 Å². The molecule has 9 nitrogen and oxygen atoms in total. The summed E-state index contributed by atoms with van der Waals surface area (Å²) in [6.45, 7) is 1.21. The number of nitrogens with one attached hydrogen (secondary N) is 2. The quantitative estimate of drug-likeness (QED) is 0.314. The molecule has 1 saturated carbocycles. The number of carbonyl (C=O) groups excluding carboxylic acids is 1. The number of thiazole rings is 1. The van der Waals surface area contributed by atoms with Gasteiger partial charge in [0.2, 0.25) is 0 Å². The van der Waals surface area contributed by atoms with E-state index in [1.54, 1.807) is 24.5 Å². The fourth-order valence-corrected chi connectivity index (χ4v) is 5.03. The number of carbonyl (C=O) groups is 1. The third-order valence-corrected chi connectivity index (χ3v) is 7.51. The monoisotopic (exact) mass is 513 g/mol. The molecule has 1 fully saturated rings. The lowest BCUT2D eigenvalue weighted by molar-refractivity contribution is -0.110. The van der Waals surface area contributed by atoms with Gasteiger partial charge in [0.05, 0.1) is 10.6 Å². The van der Waals surface area contributed by atoms with Gasteiger partial charge in [-0.1, -0.05) is 23.4 Å². The Morgan fingerprint density at radius 2 is 1.89 bits per heavy atom. The van der Waals surface area contributed by atoms with E-state index in [1.807, 2.05) is 18.2 Å². The first-order chi connectivity index (χ1) is 16.9. The fraction of sp³-hybridized carbons (Fsp3) is 0.333. The molecule has 0 radical (unpaired) electrons. The minimum atomic E-state index is -3.35. The maximum absolute atomic E-state index is 13.1. The largest absolute Gasteiger partial charge is 0.392 e. The van der Waals surface area contributed by atoms with Crippen molar-refractivity contribution in [2.75, 3.05) is 11.6 Å².